The Labute approximate surface area is 80.7 Å². The van der Waals surface area contributed by atoms with Crippen LogP contribution in [0.25, 0.3) is 0 Å². The molecular formula is C8H16NO3P. The van der Waals surface area contributed by atoms with Gasteiger partial charge in [-0.2, -0.15) is 0 Å². The molecule has 0 saturated heterocycles. The molecule has 0 fully saturated rings. The van der Waals surface area contributed by atoms with Crippen LogP contribution in [0.4, 0.5) is 0 Å². The van der Waals surface area contributed by atoms with Crippen LogP contribution in [0.1, 0.15) is 20.8 Å². The van der Waals surface area contributed by atoms with Crippen LogP contribution in [-0.4, -0.2) is 24.4 Å². The van der Waals surface area contributed by atoms with Gasteiger partial charge in [-0.1, -0.05) is 16.3 Å². The van der Waals surface area contributed by atoms with E-state index >= 15 is 0 Å². The fraction of sp³-hybridized carbons (Fsp3) is 0.750. The Hall–Kier alpha value is -0.470. The summed E-state index contributed by atoms with van der Waals surface area (Å²) in [7, 11) is 2.22. The minimum absolute atomic E-state index is 0.0343. The van der Waals surface area contributed by atoms with Gasteiger partial charge in [-0.15, -0.1) is 0 Å². The van der Waals surface area contributed by atoms with Crippen LogP contribution in [0.5, 0.6) is 0 Å². The molecule has 0 aliphatic heterocycles. The molecule has 0 rings (SSSR count). The van der Waals surface area contributed by atoms with Gasteiger partial charge < -0.3 is 4.74 Å². The third kappa shape index (κ3) is 3.83. The molecule has 1 N–H and O–H groups in total. The first kappa shape index (κ1) is 12.5. The summed E-state index contributed by atoms with van der Waals surface area (Å²) in [5.41, 5.74) is 0. The number of carbonyl (C=O) groups is 2. The first-order valence-electron chi connectivity index (χ1n) is 4.17. The molecule has 3 atom stereocenters. The van der Waals surface area contributed by atoms with Gasteiger partial charge in [0.2, 0.25) is 0 Å². The van der Waals surface area contributed by atoms with Crippen molar-refractivity contribution in [3.8, 4) is 0 Å². The standard InChI is InChI=1S/C8H16NO3P/c1-4-12-8(11)7(9-13)5(2)6(3)10/h5,7,9H,4,13H2,1-3H3. The average Bonchev–Trinajstić information content (AvgIpc) is 2.05. The summed E-state index contributed by atoms with van der Waals surface area (Å²) < 4.78 is 4.80. The van der Waals surface area contributed by atoms with Crippen LogP contribution in [0, 0.1) is 5.92 Å². The fourth-order valence-electron chi connectivity index (χ4n) is 0.883. The Morgan fingerprint density at radius 1 is 1.54 bits per heavy atom. The molecule has 0 aromatic rings. The number of Topliss-reactive ketones (excluding diaryl/α,β-unsaturated/α-hetero) is 1. The van der Waals surface area contributed by atoms with E-state index in [0.717, 1.165) is 0 Å². The van der Waals surface area contributed by atoms with E-state index in [2.05, 4.69) is 14.5 Å². The second kappa shape index (κ2) is 6.06. The molecule has 0 aromatic carbocycles. The third-order valence-corrected chi connectivity index (χ3v) is 2.22. The van der Waals surface area contributed by atoms with E-state index in [4.69, 9.17) is 4.74 Å². The zero-order valence-corrected chi connectivity index (χ0v) is 9.32. The lowest BCUT2D eigenvalue weighted by Crippen LogP contribution is -2.40. The van der Waals surface area contributed by atoms with Crippen LogP contribution < -0.4 is 5.09 Å². The molecule has 0 spiro atoms. The topological polar surface area (TPSA) is 55.4 Å². The average molecular weight is 205 g/mol. The zero-order valence-electron chi connectivity index (χ0n) is 8.16. The van der Waals surface area contributed by atoms with E-state index < -0.39 is 6.04 Å². The lowest BCUT2D eigenvalue weighted by molar-refractivity contribution is -0.148. The molecule has 4 nitrogen and oxygen atoms in total. The Balaban J connectivity index is 4.31. The highest BCUT2D eigenvalue weighted by Gasteiger charge is 2.27. The van der Waals surface area contributed by atoms with Crippen LogP contribution >= 0.6 is 9.39 Å². The summed E-state index contributed by atoms with van der Waals surface area (Å²) in [5.74, 6) is -0.787. The summed E-state index contributed by atoms with van der Waals surface area (Å²) in [6, 6.07) is -0.567. The molecule has 0 radical (unpaired) electrons. The normalized spacial score (nSPS) is 14.8. The molecule has 0 heterocycles. The third-order valence-electron chi connectivity index (χ3n) is 1.86. The number of esters is 1. The summed E-state index contributed by atoms with van der Waals surface area (Å²) in [5, 5.41) is 2.69. The maximum atomic E-state index is 11.3. The maximum Gasteiger partial charge on any atom is 0.324 e. The highest BCUT2D eigenvalue weighted by molar-refractivity contribution is 7.13. The van der Waals surface area contributed by atoms with Gasteiger partial charge in [0.05, 0.1) is 6.61 Å². The van der Waals surface area contributed by atoms with E-state index in [1.165, 1.54) is 6.92 Å². The van der Waals surface area contributed by atoms with Crippen molar-refractivity contribution in [1.82, 2.24) is 5.09 Å². The van der Waals surface area contributed by atoms with Gasteiger partial charge in [0.25, 0.3) is 0 Å². The largest absolute Gasteiger partial charge is 0.465 e. The number of rotatable bonds is 5. The Morgan fingerprint density at radius 3 is 2.38 bits per heavy atom. The first-order valence-corrected chi connectivity index (χ1v) is 4.75. The van der Waals surface area contributed by atoms with E-state index in [9.17, 15) is 9.59 Å². The maximum absolute atomic E-state index is 11.3. The minimum atomic E-state index is -0.567. The molecule has 13 heavy (non-hydrogen) atoms. The van der Waals surface area contributed by atoms with Crippen molar-refractivity contribution < 1.29 is 14.3 Å². The molecule has 0 saturated carbocycles. The molecular weight excluding hydrogens is 189 g/mol. The summed E-state index contributed by atoms with van der Waals surface area (Å²) >= 11 is 0. The molecule has 0 aliphatic rings. The molecule has 0 aromatic heterocycles. The fourth-order valence-corrected chi connectivity index (χ4v) is 1.31. The van der Waals surface area contributed by atoms with Crippen molar-refractivity contribution in [2.75, 3.05) is 6.61 Å². The Bertz CT molecular complexity index is 196. The lowest BCUT2D eigenvalue weighted by Gasteiger charge is -2.18. The number of ketones is 1. The molecule has 3 unspecified atom stereocenters. The molecule has 5 heteroatoms. The van der Waals surface area contributed by atoms with Gasteiger partial charge in [-0.3, -0.25) is 14.7 Å². The second-order valence-corrected chi connectivity index (χ2v) is 3.13. The summed E-state index contributed by atoms with van der Waals surface area (Å²) in [6.07, 6.45) is 0. The van der Waals surface area contributed by atoms with Crippen molar-refractivity contribution in [3.05, 3.63) is 0 Å². The van der Waals surface area contributed by atoms with E-state index in [1.54, 1.807) is 13.8 Å². The number of carbonyl (C=O) groups excluding carboxylic acids is 2. The van der Waals surface area contributed by atoms with Crippen molar-refractivity contribution in [2.45, 2.75) is 26.8 Å². The van der Waals surface area contributed by atoms with Gasteiger partial charge >= 0.3 is 5.97 Å². The summed E-state index contributed by atoms with van der Waals surface area (Å²) in [6.45, 7) is 5.21. The van der Waals surface area contributed by atoms with Gasteiger partial charge in [-0.05, 0) is 13.8 Å². The quantitative estimate of drug-likeness (QED) is 0.525. The first-order chi connectivity index (χ1) is 6.04. The number of ether oxygens (including phenoxy) is 1. The molecule has 0 bridgehead atoms. The zero-order chi connectivity index (χ0) is 10.4. The van der Waals surface area contributed by atoms with Crippen molar-refractivity contribution in [1.29, 1.82) is 0 Å². The number of hydrogen-bond acceptors (Lipinski definition) is 4. The van der Waals surface area contributed by atoms with E-state index in [0.29, 0.717) is 6.61 Å². The van der Waals surface area contributed by atoms with Gasteiger partial charge in [0, 0.05) is 5.92 Å². The molecule has 0 aliphatic carbocycles. The number of hydrogen-bond donors (Lipinski definition) is 1. The minimum Gasteiger partial charge on any atom is -0.465 e. The van der Waals surface area contributed by atoms with E-state index in [1.807, 2.05) is 0 Å². The summed E-state index contributed by atoms with van der Waals surface area (Å²) in [4.78, 5) is 22.3. The van der Waals surface area contributed by atoms with Crippen molar-refractivity contribution >= 4 is 21.1 Å². The van der Waals surface area contributed by atoms with Gasteiger partial charge in [0.1, 0.15) is 11.8 Å². The molecule has 0 amide bonds. The highest BCUT2D eigenvalue weighted by Crippen LogP contribution is 2.07. The van der Waals surface area contributed by atoms with Gasteiger partial charge in [0.15, 0.2) is 0 Å². The lowest BCUT2D eigenvalue weighted by atomic mass is 9.99. The van der Waals surface area contributed by atoms with Crippen molar-refractivity contribution in [3.63, 3.8) is 0 Å². The highest BCUT2D eigenvalue weighted by atomic mass is 31.0. The smallest absolute Gasteiger partial charge is 0.324 e. The molecule has 76 valence electrons. The second-order valence-electron chi connectivity index (χ2n) is 2.80. The SMILES string of the molecule is CCOC(=O)C(NP)C(C)C(C)=O. The monoisotopic (exact) mass is 205 g/mol. The predicted octanol–water partition coefficient (Wildman–Crippen LogP) is 0.523. The van der Waals surface area contributed by atoms with Gasteiger partial charge in [-0.25, -0.2) is 0 Å². The van der Waals surface area contributed by atoms with Crippen molar-refractivity contribution in [2.24, 2.45) is 5.92 Å². The Morgan fingerprint density at radius 2 is 2.08 bits per heavy atom. The predicted molar refractivity (Wildman–Crippen MR) is 53.1 cm³/mol. The van der Waals surface area contributed by atoms with Crippen LogP contribution in [0.2, 0.25) is 0 Å². The van der Waals surface area contributed by atoms with Crippen LogP contribution in [-0.2, 0) is 14.3 Å². The number of nitrogens with one attached hydrogen (secondary N) is 1. The van der Waals surface area contributed by atoms with Crippen LogP contribution in [0.15, 0.2) is 0 Å². The Kier molecular flexibility index (Phi) is 5.84. The van der Waals surface area contributed by atoms with Crippen LogP contribution in [0.3, 0.4) is 0 Å². The van der Waals surface area contributed by atoms with E-state index in [-0.39, 0.29) is 17.7 Å².